The van der Waals surface area contributed by atoms with E-state index in [1.165, 1.54) is 18.1 Å². The minimum atomic E-state index is -1.48. The van der Waals surface area contributed by atoms with Crippen molar-refractivity contribution in [2.45, 2.75) is 12.6 Å². The quantitative estimate of drug-likeness (QED) is 0.428. The first kappa shape index (κ1) is 10.6. The number of nitrogens with two attached hydrogens (primary N) is 3. The maximum atomic E-state index is 10.2. The van der Waals surface area contributed by atoms with Crippen molar-refractivity contribution in [1.29, 1.82) is 0 Å². The normalized spacial score (nSPS) is 11.1. The first-order chi connectivity index (χ1) is 6.45. The Morgan fingerprint density at radius 1 is 1.36 bits per heavy atom. The number of hydrogen-bond acceptors (Lipinski definition) is 5. The van der Waals surface area contributed by atoms with Crippen LogP contribution < -0.4 is 17.4 Å². The van der Waals surface area contributed by atoms with Crippen LogP contribution in [0.15, 0.2) is 24.3 Å². The van der Waals surface area contributed by atoms with E-state index in [0.29, 0.717) is 0 Å². The molecule has 0 aromatic heterocycles. The monoisotopic (exact) mass is 195 g/mol. The number of rotatable bonds is 1. The van der Waals surface area contributed by atoms with Gasteiger partial charge in [0.1, 0.15) is 0 Å². The maximum absolute atomic E-state index is 10.2. The van der Waals surface area contributed by atoms with Gasteiger partial charge in [0, 0.05) is 0 Å². The Kier molecular flexibility index (Phi) is 2.85. The molecule has 2 rings (SSSR count). The standard InChI is InChI=1S/C6H4.C3H9N3O2/c1-2-5-4-6(5)3-1;1-3(4,5)2(7)8-6/h1-4H;4-6H2,1H3. The van der Waals surface area contributed by atoms with E-state index in [0.717, 1.165) is 0 Å². The van der Waals surface area contributed by atoms with E-state index in [4.69, 9.17) is 11.5 Å². The summed E-state index contributed by atoms with van der Waals surface area (Å²) in [4.78, 5) is 14.0. The molecule has 2 aliphatic carbocycles. The zero-order chi connectivity index (χ0) is 10.8. The van der Waals surface area contributed by atoms with Crippen molar-refractivity contribution >= 4 is 5.97 Å². The van der Waals surface area contributed by atoms with Crippen LogP contribution in [0.3, 0.4) is 0 Å². The van der Waals surface area contributed by atoms with Gasteiger partial charge in [-0.3, -0.25) is 0 Å². The van der Waals surface area contributed by atoms with Crippen molar-refractivity contribution in [3.8, 4) is 11.1 Å². The molecule has 6 N–H and O–H groups in total. The van der Waals surface area contributed by atoms with Crippen LogP contribution in [-0.2, 0) is 9.63 Å². The summed E-state index contributed by atoms with van der Waals surface area (Å²) < 4.78 is 0. The van der Waals surface area contributed by atoms with Crippen molar-refractivity contribution in [1.82, 2.24) is 0 Å². The fourth-order valence-electron chi connectivity index (χ4n) is 0.803. The molecule has 0 fully saturated rings. The molecule has 0 aromatic rings. The summed E-state index contributed by atoms with van der Waals surface area (Å²) in [6.45, 7) is 1.29. The summed E-state index contributed by atoms with van der Waals surface area (Å²) in [5.41, 5.74) is 11.4. The van der Waals surface area contributed by atoms with Gasteiger partial charge in [0.25, 0.3) is 0 Å². The van der Waals surface area contributed by atoms with Gasteiger partial charge in [0.15, 0.2) is 5.66 Å². The molecule has 0 bridgehead atoms. The van der Waals surface area contributed by atoms with E-state index in [2.05, 4.69) is 35.0 Å². The summed E-state index contributed by atoms with van der Waals surface area (Å²) in [6, 6.07) is 8.48. The van der Waals surface area contributed by atoms with Crippen molar-refractivity contribution in [2.75, 3.05) is 0 Å². The first-order valence-electron chi connectivity index (χ1n) is 4.04. The minimum Gasteiger partial charge on any atom is -0.371 e. The molecular weight excluding hydrogens is 182 g/mol. The van der Waals surface area contributed by atoms with E-state index in [-0.39, 0.29) is 0 Å². The summed E-state index contributed by atoms with van der Waals surface area (Å²) in [5.74, 6) is 3.61. The molecule has 0 unspecified atom stereocenters. The van der Waals surface area contributed by atoms with Crippen LogP contribution in [0.1, 0.15) is 6.92 Å². The van der Waals surface area contributed by atoms with Crippen LogP contribution in [0, 0.1) is 0 Å². The van der Waals surface area contributed by atoms with Crippen LogP contribution in [0.2, 0.25) is 0 Å². The van der Waals surface area contributed by atoms with Gasteiger partial charge in [0.2, 0.25) is 0 Å². The van der Waals surface area contributed by atoms with E-state index in [1.54, 1.807) is 0 Å². The van der Waals surface area contributed by atoms with Gasteiger partial charge in [-0.05, 0) is 24.1 Å². The van der Waals surface area contributed by atoms with Crippen LogP contribution >= 0.6 is 0 Å². The fraction of sp³-hybridized carbons (Fsp3) is 0.222. The van der Waals surface area contributed by atoms with Crippen LogP contribution in [-0.4, -0.2) is 11.6 Å². The highest BCUT2D eigenvalue weighted by molar-refractivity contribution is 5.80. The van der Waals surface area contributed by atoms with Crippen LogP contribution in [0.4, 0.5) is 0 Å². The van der Waals surface area contributed by atoms with E-state index in [1.807, 2.05) is 0 Å². The zero-order valence-electron chi connectivity index (χ0n) is 7.86. The Hall–Kier alpha value is -1.43. The van der Waals surface area contributed by atoms with Gasteiger partial charge >= 0.3 is 5.97 Å². The molecule has 0 radical (unpaired) electrons. The highest BCUT2D eigenvalue weighted by atomic mass is 16.7. The van der Waals surface area contributed by atoms with E-state index in [9.17, 15) is 4.79 Å². The summed E-state index contributed by atoms with van der Waals surface area (Å²) in [7, 11) is 0. The lowest BCUT2D eigenvalue weighted by atomic mass is 10.2. The average Bonchev–Trinajstić information content (AvgIpc) is 2.72. The Morgan fingerprint density at radius 2 is 1.86 bits per heavy atom. The molecule has 0 aliphatic heterocycles. The van der Waals surface area contributed by atoms with Crippen molar-refractivity contribution < 1.29 is 9.63 Å². The third-order valence-corrected chi connectivity index (χ3v) is 1.66. The molecule has 0 amide bonds. The number of hydrogen-bond donors (Lipinski definition) is 3. The van der Waals surface area contributed by atoms with Crippen LogP contribution in [0.5, 0.6) is 0 Å². The number of benzene rings is 1. The molecule has 0 saturated carbocycles. The third kappa shape index (κ3) is 2.81. The van der Waals surface area contributed by atoms with Gasteiger partial charge < -0.3 is 16.3 Å². The fourth-order valence-corrected chi connectivity index (χ4v) is 0.803. The lowest BCUT2D eigenvalue weighted by Gasteiger charge is -2.12. The molecule has 0 atom stereocenters. The first-order valence-corrected chi connectivity index (χ1v) is 4.04. The summed E-state index contributed by atoms with van der Waals surface area (Å²) in [5, 5.41) is 0. The van der Waals surface area contributed by atoms with Crippen molar-refractivity contribution in [2.24, 2.45) is 17.4 Å². The lowest BCUT2D eigenvalue weighted by molar-refractivity contribution is -0.149. The second-order valence-corrected chi connectivity index (χ2v) is 3.27. The smallest absolute Gasteiger partial charge is 0.359 e. The molecule has 0 saturated heterocycles. The largest absolute Gasteiger partial charge is 0.371 e. The Morgan fingerprint density at radius 3 is 1.93 bits per heavy atom. The molecule has 5 nitrogen and oxygen atoms in total. The van der Waals surface area contributed by atoms with Crippen LogP contribution in [0.25, 0.3) is 11.1 Å². The number of fused-ring (bicyclic) bond motifs is 1. The van der Waals surface area contributed by atoms with Crippen molar-refractivity contribution in [3.63, 3.8) is 0 Å². The molecule has 14 heavy (non-hydrogen) atoms. The zero-order valence-corrected chi connectivity index (χ0v) is 7.86. The molecular formula is C9H13N3O2. The SMILES string of the molecule is CC(N)(N)C(=O)ON.c1cc2cc-2c1. The Balaban J connectivity index is 0.000000143. The molecule has 5 heteroatoms. The summed E-state index contributed by atoms with van der Waals surface area (Å²) >= 11 is 0. The second kappa shape index (κ2) is 3.75. The summed E-state index contributed by atoms with van der Waals surface area (Å²) in [6.07, 6.45) is 0. The van der Waals surface area contributed by atoms with E-state index >= 15 is 0 Å². The third-order valence-electron chi connectivity index (χ3n) is 1.66. The molecule has 76 valence electrons. The average molecular weight is 195 g/mol. The topological polar surface area (TPSA) is 104 Å². The molecule has 0 heterocycles. The Bertz CT molecular complexity index is 327. The Labute approximate surface area is 81.8 Å². The lowest BCUT2D eigenvalue weighted by Crippen LogP contribution is -2.55. The molecule has 2 aliphatic rings. The van der Waals surface area contributed by atoms with Crippen molar-refractivity contribution in [3.05, 3.63) is 24.3 Å². The van der Waals surface area contributed by atoms with E-state index < -0.39 is 11.6 Å². The van der Waals surface area contributed by atoms with Gasteiger partial charge in [-0.15, -0.1) is 0 Å². The molecule has 0 aromatic carbocycles. The predicted molar refractivity (Wildman–Crippen MR) is 52.5 cm³/mol. The van der Waals surface area contributed by atoms with Gasteiger partial charge in [-0.1, -0.05) is 18.2 Å². The minimum absolute atomic E-state index is 0.836. The molecule has 0 spiro atoms. The maximum Gasteiger partial charge on any atom is 0.359 e. The second-order valence-electron chi connectivity index (χ2n) is 3.27. The van der Waals surface area contributed by atoms with Gasteiger partial charge in [-0.25, -0.2) is 4.79 Å². The number of carbonyl (C=O) groups excluding carboxylic acids is 1. The van der Waals surface area contributed by atoms with Gasteiger partial charge in [-0.2, -0.15) is 5.90 Å². The predicted octanol–water partition coefficient (Wildman–Crippen LogP) is -0.296. The highest BCUT2D eigenvalue weighted by Crippen LogP contribution is 2.32. The van der Waals surface area contributed by atoms with Gasteiger partial charge in [0.05, 0.1) is 0 Å². The number of carbonyl (C=O) groups is 1. The highest BCUT2D eigenvalue weighted by Gasteiger charge is 2.23.